The highest BCUT2D eigenvalue weighted by molar-refractivity contribution is 6.13. The fourth-order valence-electron chi connectivity index (χ4n) is 3.15. The lowest BCUT2D eigenvalue weighted by atomic mass is 10.0. The number of anilines is 2. The average molecular weight is 387 g/mol. The average Bonchev–Trinajstić information content (AvgIpc) is 3.15. The number of carbonyl (C=O) groups excluding carboxylic acids is 2. The maximum atomic E-state index is 13.6. The van der Waals surface area contributed by atoms with Gasteiger partial charge in [-0.25, -0.2) is 9.37 Å². The van der Waals surface area contributed by atoms with Crippen molar-refractivity contribution in [2.75, 3.05) is 31.2 Å². The molecule has 1 fully saturated rings. The van der Waals surface area contributed by atoms with Crippen LogP contribution < -0.4 is 15.8 Å². The van der Waals surface area contributed by atoms with Gasteiger partial charge in [0.25, 0.3) is 0 Å². The van der Waals surface area contributed by atoms with Crippen molar-refractivity contribution in [3.05, 3.63) is 41.3 Å². The molecule has 1 aromatic heterocycles. The minimum absolute atomic E-state index is 0.0137. The van der Waals surface area contributed by atoms with E-state index in [1.807, 2.05) is 6.92 Å². The lowest BCUT2D eigenvalue weighted by Gasteiger charge is -2.16. The SMILES string of the molecule is CCC(=O)N1CCC(Nc2ncc(C(=O)c3cc(F)ccc3OC)c(N)n2)C1. The summed E-state index contributed by atoms with van der Waals surface area (Å²) in [6, 6.07) is 3.68. The van der Waals surface area contributed by atoms with Crippen LogP contribution in [0.3, 0.4) is 0 Å². The number of nitrogens with one attached hydrogen (secondary N) is 1. The van der Waals surface area contributed by atoms with Gasteiger partial charge in [-0.2, -0.15) is 4.98 Å². The van der Waals surface area contributed by atoms with Gasteiger partial charge in [-0.3, -0.25) is 9.59 Å². The second kappa shape index (κ2) is 8.20. The summed E-state index contributed by atoms with van der Waals surface area (Å²) in [4.78, 5) is 34.6. The van der Waals surface area contributed by atoms with Crippen LogP contribution in [0.4, 0.5) is 16.2 Å². The molecule has 3 N–H and O–H groups in total. The van der Waals surface area contributed by atoms with E-state index in [0.29, 0.717) is 19.5 Å². The summed E-state index contributed by atoms with van der Waals surface area (Å²) in [5.74, 6) is -0.492. The Balaban J connectivity index is 1.75. The first kappa shape index (κ1) is 19.5. The van der Waals surface area contributed by atoms with E-state index in [-0.39, 0.29) is 40.6 Å². The Morgan fingerprint density at radius 1 is 1.39 bits per heavy atom. The Morgan fingerprint density at radius 3 is 2.86 bits per heavy atom. The van der Waals surface area contributed by atoms with Crippen molar-refractivity contribution in [1.29, 1.82) is 0 Å². The van der Waals surface area contributed by atoms with Crippen LogP contribution in [0.5, 0.6) is 5.75 Å². The molecule has 0 saturated carbocycles. The fraction of sp³-hybridized carbons (Fsp3) is 0.368. The third kappa shape index (κ3) is 4.03. The largest absolute Gasteiger partial charge is 0.496 e. The molecule has 2 heterocycles. The molecule has 9 heteroatoms. The molecule has 1 atom stereocenters. The number of ether oxygens (including phenoxy) is 1. The maximum Gasteiger partial charge on any atom is 0.224 e. The van der Waals surface area contributed by atoms with Crippen LogP contribution in [-0.2, 0) is 4.79 Å². The third-order valence-corrected chi connectivity index (χ3v) is 4.65. The van der Waals surface area contributed by atoms with E-state index in [2.05, 4.69) is 15.3 Å². The van der Waals surface area contributed by atoms with Crippen LogP contribution >= 0.6 is 0 Å². The predicted molar refractivity (Wildman–Crippen MR) is 102 cm³/mol. The van der Waals surface area contributed by atoms with Crippen molar-refractivity contribution < 1.29 is 18.7 Å². The standard InChI is InChI=1S/C19H22FN5O3/c1-3-16(26)25-7-6-12(10-25)23-19-22-9-14(18(21)24-19)17(27)13-8-11(20)4-5-15(13)28-2/h4-5,8-9,12H,3,6-7,10H2,1-2H3,(H3,21,22,23,24). The van der Waals surface area contributed by atoms with Gasteiger partial charge in [0.1, 0.15) is 17.4 Å². The number of likely N-dealkylation sites (tertiary alicyclic amines) is 1. The van der Waals surface area contributed by atoms with E-state index >= 15 is 0 Å². The predicted octanol–water partition coefficient (Wildman–Crippen LogP) is 1.86. The van der Waals surface area contributed by atoms with Crippen molar-refractivity contribution >= 4 is 23.5 Å². The Hall–Kier alpha value is -3.23. The number of halogens is 1. The van der Waals surface area contributed by atoms with Crippen LogP contribution in [0.15, 0.2) is 24.4 Å². The van der Waals surface area contributed by atoms with Gasteiger partial charge in [-0.05, 0) is 24.6 Å². The summed E-state index contributed by atoms with van der Waals surface area (Å²) in [6.07, 6.45) is 2.55. The van der Waals surface area contributed by atoms with Gasteiger partial charge in [0.2, 0.25) is 17.6 Å². The molecule has 1 aliphatic rings. The molecule has 1 unspecified atom stereocenters. The number of amides is 1. The van der Waals surface area contributed by atoms with Gasteiger partial charge in [0.15, 0.2) is 0 Å². The monoisotopic (exact) mass is 387 g/mol. The van der Waals surface area contributed by atoms with E-state index in [1.165, 1.54) is 25.4 Å². The van der Waals surface area contributed by atoms with Crippen LogP contribution in [0, 0.1) is 5.82 Å². The number of nitrogens with two attached hydrogens (primary N) is 1. The highest BCUT2D eigenvalue weighted by atomic mass is 19.1. The summed E-state index contributed by atoms with van der Waals surface area (Å²) in [7, 11) is 1.39. The van der Waals surface area contributed by atoms with Crippen molar-refractivity contribution in [3.63, 3.8) is 0 Å². The molecule has 0 aliphatic carbocycles. The summed E-state index contributed by atoms with van der Waals surface area (Å²) in [5, 5.41) is 3.14. The zero-order valence-electron chi connectivity index (χ0n) is 15.7. The summed E-state index contributed by atoms with van der Waals surface area (Å²) < 4.78 is 18.7. The third-order valence-electron chi connectivity index (χ3n) is 4.65. The summed E-state index contributed by atoms with van der Waals surface area (Å²) >= 11 is 0. The van der Waals surface area contributed by atoms with Crippen molar-refractivity contribution in [2.45, 2.75) is 25.8 Å². The molecule has 0 radical (unpaired) electrons. The number of hydrogen-bond donors (Lipinski definition) is 2. The van der Waals surface area contributed by atoms with Gasteiger partial charge in [0.05, 0.1) is 18.2 Å². The number of methoxy groups -OCH3 is 1. The topological polar surface area (TPSA) is 110 Å². The van der Waals surface area contributed by atoms with Crippen molar-refractivity contribution in [2.24, 2.45) is 0 Å². The first-order valence-corrected chi connectivity index (χ1v) is 8.98. The number of hydrogen-bond acceptors (Lipinski definition) is 7. The highest BCUT2D eigenvalue weighted by Gasteiger charge is 2.26. The van der Waals surface area contributed by atoms with Crippen LogP contribution in [0.1, 0.15) is 35.7 Å². The summed E-state index contributed by atoms with van der Waals surface area (Å²) in [5.41, 5.74) is 6.05. The number of nitrogen functional groups attached to an aromatic ring is 1. The molecule has 1 aliphatic heterocycles. The van der Waals surface area contributed by atoms with E-state index in [1.54, 1.807) is 4.90 Å². The zero-order valence-corrected chi connectivity index (χ0v) is 15.7. The first-order valence-electron chi connectivity index (χ1n) is 8.98. The van der Waals surface area contributed by atoms with Gasteiger partial charge < -0.3 is 20.7 Å². The molecule has 0 bridgehead atoms. The maximum absolute atomic E-state index is 13.6. The Morgan fingerprint density at radius 2 is 2.18 bits per heavy atom. The minimum atomic E-state index is -0.561. The first-order chi connectivity index (χ1) is 13.4. The molecule has 2 aromatic rings. The van der Waals surface area contributed by atoms with Gasteiger partial charge in [-0.15, -0.1) is 0 Å². The van der Waals surface area contributed by atoms with Crippen LogP contribution in [0.25, 0.3) is 0 Å². The van der Waals surface area contributed by atoms with Crippen molar-refractivity contribution in [1.82, 2.24) is 14.9 Å². The van der Waals surface area contributed by atoms with Crippen LogP contribution in [-0.4, -0.2) is 52.8 Å². The van der Waals surface area contributed by atoms with Gasteiger partial charge >= 0.3 is 0 Å². The molecular formula is C19H22FN5O3. The molecule has 1 saturated heterocycles. The Bertz CT molecular complexity index is 905. The van der Waals surface area contributed by atoms with E-state index in [9.17, 15) is 14.0 Å². The quantitative estimate of drug-likeness (QED) is 0.728. The smallest absolute Gasteiger partial charge is 0.224 e. The number of ketones is 1. The molecule has 1 aromatic carbocycles. The Labute approximate surface area is 161 Å². The number of aromatic nitrogens is 2. The molecular weight excluding hydrogens is 365 g/mol. The van der Waals surface area contributed by atoms with E-state index in [4.69, 9.17) is 10.5 Å². The molecule has 8 nitrogen and oxygen atoms in total. The fourth-order valence-corrected chi connectivity index (χ4v) is 3.15. The number of carbonyl (C=O) groups is 2. The second-order valence-corrected chi connectivity index (χ2v) is 6.49. The normalized spacial score (nSPS) is 16.1. The molecule has 0 spiro atoms. The van der Waals surface area contributed by atoms with Gasteiger partial charge in [0, 0.05) is 31.7 Å². The summed E-state index contributed by atoms with van der Waals surface area (Å²) in [6.45, 7) is 3.07. The zero-order chi connectivity index (χ0) is 20.3. The van der Waals surface area contributed by atoms with Gasteiger partial charge in [-0.1, -0.05) is 6.92 Å². The second-order valence-electron chi connectivity index (χ2n) is 6.49. The lowest BCUT2D eigenvalue weighted by Crippen LogP contribution is -2.31. The molecule has 28 heavy (non-hydrogen) atoms. The number of benzene rings is 1. The van der Waals surface area contributed by atoms with Crippen molar-refractivity contribution in [3.8, 4) is 5.75 Å². The van der Waals surface area contributed by atoms with E-state index in [0.717, 1.165) is 12.5 Å². The minimum Gasteiger partial charge on any atom is -0.496 e. The highest BCUT2D eigenvalue weighted by Crippen LogP contribution is 2.25. The lowest BCUT2D eigenvalue weighted by molar-refractivity contribution is -0.129. The number of rotatable bonds is 6. The number of nitrogens with zero attached hydrogens (tertiary/aromatic N) is 3. The van der Waals surface area contributed by atoms with Crippen LogP contribution in [0.2, 0.25) is 0 Å². The van der Waals surface area contributed by atoms with E-state index < -0.39 is 11.6 Å². The molecule has 3 rings (SSSR count). The molecule has 1 amide bonds. The Kier molecular flexibility index (Phi) is 5.72. The molecule has 148 valence electrons.